The molecule has 1 aliphatic carbocycles. The molecule has 0 saturated heterocycles. The maximum atomic E-state index is 12.0. The molecule has 1 fully saturated rings. The second-order valence-corrected chi connectivity index (χ2v) is 7.11. The van der Waals surface area contributed by atoms with Crippen molar-refractivity contribution in [2.24, 2.45) is 0 Å². The molecule has 0 heterocycles. The van der Waals surface area contributed by atoms with Crippen LogP contribution in [0.5, 0.6) is 0 Å². The fraction of sp³-hybridized carbons (Fsp3) is 0.833. The van der Waals surface area contributed by atoms with Crippen LogP contribution in [0.1, 0.15) is 39.0 Å². The molecule has 0 atom stereocenters. The number of carboxylic acids is 1. The van der Waals surface area contributed by atoms with Crippen LogP contribution in [0.4, 0.5) is 0 Å². The Kier molecular flexibility index (Phi) is 5.78. The highest BCUT2D eigenvalue weighted by Crippen LogP contribution is 2.25. The van der Waals surface area contributed by atoms with E-state index >= 15 is 0 Å². The van der Waals surface area contributed by atoms with Crippen LogP contribution < -0.4 is 0 Å². The number of rotatable bonds is 7. The van der Waals surface area contributed by atoms with Gasteiger partial charge in [-0.3, -0.25) is 9.59 Å². The molecule has 0 spiro atoms. The Balaban J connectivity index is 2.58. The Morgan fingerprint density at radius 3 is 2.32 bits per heavy atom. The molecule has 1 amide bonds. The summed E-state index contributed by atoms with van der Waals surface area (Å²) in [4.78, 5) is 23.7. The quantitative estimate of drug-likeness (QED) is 0.744. The Morgan fingerprint density at radius 2 is 1.84 bits per heavy atom. The van der Waals surface area contributed by atoms with Crippen LogP contribution in [0.2, 0.25) is 0 Å². The van der Waals surface area contributed by atoms with Gasteiger partial charge in [0.05, 0.1) is 11.7 Å². The number of carbonyl (C=O) groups is 2. The first-order chi connectivity index (χ1) is 8.86. The highest BCUT2D eigenvalue weighted by Gasteiger charge is 2.31. The predicted molar refractivity (Wildman–Crippen MR) is 70.5 cm³/mol. The van der Waals surface area contributed by atoms with Crippen molar-refractivity contribution in [3.8, 4) is 0 Å². The van der Waals surface area contributed by atoms with Crippen LogP contribution in [0.3, 0.4) is 0 Å². The average Bonchev–Trinajstić information content (AvgIpc) is 2.82. The zero-order valence-corrected chi connectivity index (χ0v) is 12.0. The average molecular weight is 291 g/mol. The highest BCUT2D eigenvalue weighted by molar-refractivity contribution is 7.92. The van der Waals surface area contributed by atoms with Crippen molar-refractivity contribution in [2.75, 3.05) is 18.8 Å². The number of carboxylic acid groups (broad SMARTS) is 1. The summed E-state index contributed by atoms with van der Waals surface area (Å²) in [6.45, 7) is 2.10. The van der Waals surface area contributed by atoms with Crippen LogP contribution in [0.25, 0.3) is 0 Å². The van der Waals surface area contributed by atoms with E-state index in [4.69, 9.17) is 5.11 Å². The minimum absolute atomic E-state index is 0.0604. The van der Waals surface area contributed by atoms with Crippen molar-refractivity contribution >= 4 is 21.7 Å². The molecular formula is C12H21NO5S. The molecule has 0 aromatic heterocycles. The van der Waals surface area contributed by atoms with E-state index in [2.05, 4.69) is 0 Å². The molecule has 7 heteroatoms. The summed E-state index contributed by atoms with van der Waals surface area (Å²) in [5.41, 5.74) is 0. The van der Waals surface area contributed by atoms with Gasteiger partial charge >= 0.3 is 5.97 Å². The molecule has 6 nitrogen and oxygen atoms in total. The van der Waals surface area contributed by atoms with Gasteiger partial charge in [-0.15, -0.1) is 0 Å². The minimum Gasteiger partial charge on any atom is -0.481 e. The van der Waals surface area contributed by atoms with Crippen LogP contribution >= 0.6 is 0 Å². The summed E-state index contributed by atoms with van der Waals surface area (Å²) < 4.78 is 24.1. The lowest BCUT2D eigenvalue weighted by Crippen LogP contribution is -2.39. The molecule has 1 rings (SSSR count). The second kappa shape index (κ2) is 6.88. The monoisotopic (exact) mass is 291 g/mol. The SMILES string of the molecule is CCN(CCC(=O)O)C(=O)CS(=O)(=O)C1CCCC1. The molecule has 0 aromatic carbocycles. The molecule has 1 saturated carbocycles. The van der Waals surface area contributed by atoms with E-state index in [0.29, 0.717) is 19.4 Å². The molecule has 0 radical (unpaired) electrons. The first-order valence-electron chi connectivity index (χ1n) is 6.58. The second-order valence-electron chi connectivity index (χ2n) is 4.83. The van der Waals surface area contributed by atoms with E-state index in [9.17, 15) is 18.0 Å². The van der Waals surface area contributed by atoms with E-state index in [1.54, 1.807) is 6.92 Å². The number of hydrogen-bond acceptors (Lipinski definition) is 4. The molecule has 1 aliphatic rings. The van der Waals surface area contributed by atoms with E-state index in [0.717, 1.165) is 12.8 Å². The number of amides is 1. The lowest BCUT2D eigenvalue weighted by molar-refractivity contribution is -0.138. The number of aliphatic carboxylic acids is 1. The predicted octanol–water partition coefficient (Wildman–Crippen LogP) is 0.667. The van der Waals surface area contributed by atoms with Gasteiger partial charge in [-0.05, 0) is 19.8 Å². The summed E-state index contributed by atoms with van der Waals surface area (Å²) in [6.07, 6.45) is 2.90. The fourth-order valence-electron chi connectivity index (χ4n) is 2.32. The summed E-state index contributed by atoms with van der Waals surface area (Å²) in [5.74, 6) is -1.98. The first kappa shape index (κ1) is 15.9. The summed E-state index contributed by atoms with van der Waals surface area (Å²) in [7, 11) is -3.39. The minimum atomic E-state index is -3.39. The van der Waals surface area contributed by atoms with Gasteiger partial charge in [0.15, 0.2) is 9.84 Å². The molecule has 1 N–H and O–H groups in total. The van der Waals surface area contributed by atoms with Gasteiger partial charge in [0, 0.05) is 13.1 Å². The Labute approximate surface area is 113 Å². The number of hydrogen-bond donors (Lipinski definition) is 1. The van der Waals surface area contributed by atoms with Crippen molar-refractivity contribution in [1.29, 1.82) is 0 Å². The number of nitrogens with zero attached hydrogens (tertiary/aromatic N) is 1. The summed E-state index contributed by atoms with van der Waals surface area (Å²) in [6, 6.07) is 0. The third-order valence-corrected chi connectivity index (χ3v) is 5.60. The third-order valence-electron chi connectivity index (χ3n) is 3.46. The van der Waals surface area contributed by atoms with Gasteiger partial charge < -0.3 is 10.0 Å². The lowest BCUT2D eigenvalue weighted by atomic mass is 10.3. The molecule has 0 unspecified atom stereocenters. The van der Waals surface area contributed by atoms with E-state index in [-0.39, 0.29) is 13.0 Å². The molecule has 19 heavy (non-hydrogen) atoms. The van der Waals surface area contributed by atoms with Crippen LogP contribution in [-0.2, 0) is 19.4 Å². The highest BCUT2D eigenvalue weighted by atomic mass is 32.2. The van der Waals surface area contributed by atoms with Crippen molar-refractivity contribution in [3.63, 3.8) is 0 Å². The topological polar surface area (TPSA) is 91.8 Å². The lowest BCUT2D eigenvalue weighted by Gasteiger charge is -2.21. The van der Waals surface area contributed by atoms with Gasteiger partial charge in [0.25, 0.3) is 0 Å². The van der Waals surface area contributed by atoms with E-state index in [1.165, 1.54) is 4.90 Å². The van der Waals surface area contributed by atoms with Crippen LogP contribution in [-0.4, -0.2) is 54.4 Å². The molecule has 110 valence electrons. The number of carbonyl (C=O) groups excluding carboxylic acids is 1. The van der Waals surface area contributed by atoms with Crippen molar-refractivity contribution < 1.29 is 23.1 Å². The van der Waals surface area contributed by atoms with Gasteiger partial charge in [0.2, 0.25) is 5.91 Å². The smallest absolute Gasteiger partial charge is 0.305 e. The molecule has 0 aliphatic heterocycles. The third kappa shape index (κ3) is 4.81. The molecular weight excluding hydrogens is 270 g/mol. The zero-order valence-electron chi connectivity index (χ0n) is 11.2. The van der Waals surface area contributed by atoms with Crippen molar-refractivity contribution in [3.05, 3.63) is 0 Å². The van der Waals surface area contributed by atoms with Crippen molar-refractivity contribution in [2.45, 2.75) is 44.3 Å². The van der Waals surface area contributed by atoms with Gasteiger partial charge in [-0.2, -0.15) is 0 Å². The van der Waals surface area contributed by atoms with Crippen molar-refractivity contribution in [1.82, 2.24) is 4.90 Å². The standard InChI is InChI=1S/C12H21NO5S/c1-2-13(8-7-12(15)16)11(14)9-19(17,18)10-5-3-4-6-10/h10H,2-9H2,1H3,(H,15,16). The first-order valence-corrected chi connectivity index (χ1v) is 8.29. The fourth-order valence-corrected chi connectivity index (χ4v) is 4.13. The molecule has 0 aromatic rings. The summed E-state index contributed by atoms with van der Waals surface area (Å²) >= 11 is 0. The van der Waals surface area contributed by atoms with Crippen LogP contribution in [0, 0.1) is 0 Å². The van der Waals surface area contributed by atoms with Gasteiger partial charge in [-0.25, -0.2) is 8.42 Å². The zero-order chi connectivity index (χ0) is 14.5. The Bertz CT molecular complexity index is 425. The van der Waals surface area contributed by atoms with E-state index < -0.39 is 32.7 Å². The number of sulfone groups is 1. The van der Waals surface area contributed by atoms with Gasteiger partial charge in [0.1, 0.15) is 5.75 Å². The largest absolute Gasteiger partial charge is 0.481 e. The van der Waals surface area contributed by atoms with E-state index in [1.807, 2.05) is 0 Å². The maximum absolute atomic E-state index is 12.0. The van der Waals surface area contributed by atoms with Gasteiger partial charge in [-0.1, -0.05) is 12.8 Å². The Hall–Kier alpha value is -1.11. The maximum Gasteiger partial charge on any atom is 0.305 e. The summed E-state index contributed by atoms with van der Waals surface area (Å²) in [5, 5.41) is 8.19. The Morgan fingerprint density at radius 1 is 1.26 bits per heavy atom. The molecule has 0 bridgehead atoms. The van der Waals surface area contributed by atoms with Crippen LogP contribution in [0.15, 0.2) is 0 Å². The normalized spacial score (nSPS) is 16.5.